The average Bonchev–Trinajstić information content (AvgIpc) is 2.39. The van der Waals surface area contributed by atoms with Crippen LogP contribution in [0.4, 0.5) is 0 Å². The molecule has 0 aromatic carbocycles. The number of esters is 1. The van der Waals surface area contributed by atoms with Gasteiger partial charge in [-0.2, -0.15) is 0 Å². The lowest BCUT2D eigenvalue weighted by atomic mass is 9.51. The fourth-order valence-electron chi connectivity index (χ4n) is 4.89. The molecule has 19 heavy (non-hydrogen) atoms. The van der Waals surface area contributed by atoms with Gasteiger partial charge in [0.2, 0.25) is 0 Å². The average molecular weight is 265 g/mol. The number of hydrogen-bond donors (Lipinski definition) is 1. The molecule has 4 saturated carbocycles. The predicted octanol–water partition coefficient (Wildman–Crippen LogP) is 2.43. The van der Waals surface area contributed by atoms with Crippen molar-refractivity contribution in [3.63, 3.8) is 0 Å². The molecule has 3 nitrogen and oxygen atoms in total. The molecule has 0 aromatic rings. The van der Waals surface area contributed by atoms with Crippen LogP contribution in [0.15, 0.2) is 0 Å². The van der Waals surface area contributed by atoms with Crippen LogP contribution in [0.5, 0.6) is 0 Å². The van der Waals surface area contributed by atoms with Crippen LogP contribution in [0.1, 0.15) is 38.5 Å². The number of carbonyl (C=O) groups excluding carboxylic acids is 1. The van der Waals surface area contributed by atoms with Crippen molar-refractivity contribution in [1.29, 1.82) is 0 Å². The molecule has 107 valence electrons. The van der Waals surface area contributed by atoms with Crippen molar-refractivity contribution < 1.29 is 14.6 Å². The Morgan fingerprint density at radius 2 is 1.74 bits per heavy atom. The second-order valence-electron chi connectivity index (χ2n) is 7.03. The molecule has 4 bridgehead atoms. The van der Waals surface area contributed by atoms with E-state index in [9.17, 15) is 4.79 Å². The Labute approximate surface area is 115 Å². The lowest BCUT2D eigenvalue weighted by Gasteiger charge is -2.54. The van der Waals surface area contributed by atoms with Crippen LogP contribution >= 0.6 is 0 Å². The van der Waals surface area contributed by atoms with Gasteiger partial charge in [-0.1, -0.05) is 0 Å². The molecule has 0 aromatic heterocycles. The minimum Gasteiger partial charge on any atom is -0.465 e. The number of carbonyl (C=O) groups is 1. The topological polar surface area (TPSA) is 46.5 Å². The smallest absolute Gasteiger partial charge is 0.306 e. The lowest BCUT2D eigenvalue weighted by molar-refractivity contribution is -0.150. The van der Waals surface area contributed by atoms with Crippen molar-refractivity contribution in [2.45, 2.75) is 38.5 Å². The van der Waals surface area contributed by atoms with Crippen LogP contribution in [0, 0.1) is 42.4 Å². The number of aliphatic hydroxyl groups is 1. The summed E-state index contributed by atoms with van der Waals surface area (Å²) in [6.45, 7) is 3.95. The Balaban J connectivity index is 1.51. The summed E-state index contributed by atoms with van der Waals surface area (Å²) in [7, 11) is 0. The summed E-state index contributed by atoms with van der Waals surface area (Å²) in [4.78, 5) is 11.9. The van der Waals surface area contributed by atoms with E-state index in [0.29, 0.717) is 12.3 Å². The molecule has 1 N–H and O–H groups in total. The molecule has 3 heteroatoms. The summed E-state index contributed by atoms with van der Waals surface area (Å²) in [6, 6.07) is 0. The molecule has 4 aliphatic rings. The van der Waals surface area contributed by atoms with Crippen molar-refractivity contribution in [1.82, 2.24) is 0 Å². The fraction of sp³-hybridized carbons (Fsp3) is 0.875. The maximum absolute atomic E-state index is 11.9. The summed E-state index contributed by atoms with van der Waals surface area (Å²) >= 11 is 0. The Kier molecular flexibility index (Phi) is 3.84. The highest BCUT2D eigenvalue weighted by molar-refractivity contribution is 5.69. The molecule has 0 heterocycles. The highest BCUT2D eigenvalue weighted by atomic mass is 16.5. The number of hydrogen-bond acceptors (Lipinski definition) is 3. The minimum absolute atomic E-state index is 0.0225. The molecule has 1 unspecified atom stereocenters. The lowest BCUT2D eigenvalue weighted by Crippen LogP contribution is -2.45. The summed E-state index contributed by atoms with van der Waals surface area (Å²) in [5, 5.41) is 8.88. The molecule has 4 rings (SSSR count). The Hall–Kier alpha value is -0.570. The van der Waals surface area contributed by atoms with Crippen LogP contribution in [-0.2, 0) is 9.53 Å². The van der Waals surface area contributed by atoms with Crippen LogP contribution in [0.3, 0.4) is 0 Å². The normalized spacial score (nSPS) is 41.3. The van der Waals surface area contributed by atoms with E-state index in [4.69, 9.17) is 9.84 Å². The van der Waals surface area contributed by atoms with Gasteiger partial charge in [0.1, 0.15) is 0 Å². The molecular weight excluding hydrogens is 240 g/mol. The first kappa shape index (κ1) is 13.4. The van der Waals surface area contributed by atoms with E-state index in [2.05, 4.69) is 6.92 Å². The van der Waals surface area contributed by atoms with Gasteiger partial charge in [-0.15, -0.1) is 0 Å². The second-order valence-corrected chi connectivity index (χ2v) is 7.03. The largest absolute Gasteiger partial charge is 0.465 e. The zero-order valence-electron chi connectivity index (χ0n) is 11.6. The molecular formula is C16H25O3. The summed E-state index contributed by atoms with van der Waals surface area (Å²) in [5.74, 6) is 3.75. The molecule has 0 spiro atoms. The predicted molar refractivity (Wildman–Crippen MR) is 72.0 cm³/mol. The monoisotopic (exact) mass is 265 g/mol. The maximum atomic E-state index is 11.9. The number of aliphatic hydroxyl groups excluding tert-OH is 1. The Morgan fingerprint density at radius 1 is 1.16 bits per heavy atom. The number of rotatable bonds is 5. The highest BCUT2D eigenvalue weighted by Gasteiger charge is 2.48. The van der Waals surface area contributed by atoms with Crippen molar-refractivity contribution in [2.24, 2.45) is 35.5 Å². The van der Waals surface area contributed by atoms with Crippen molar-refractivity contribution in [3.8, 4) is 0 Å². The van der Waals surface area contributed by atoms with Gasteiger partial charge >= 0.3 is 5.97 Å². The van der Waals surface area contributed by atoms with E-state index in [1.807, 2.05) is 0 Å². The third kappa shape index (κ3) is 2.81. The highest BCUT2D eigenvalue weighted by Crippen LogP contribution is 2.57. The molecule has 0 saturated heterocycles. The minimum atomic E-state index is -0.192. The fourth-order valence-corrected chi connectivity index (χ4v) is 4.89. The standard InChI is InChI=1S/C16H25O3/c1-10(8-17)9-19-16(18)7-15-13-3-11-2-12(5-13)6-14(15)4-11/h10-15,17H,1-9H2. The van der Waals surface area contributed by atoms with Crippen molar-refractivity contribution in [3.05, 3.63) is 6.92 Å². The van der Waals surface area contributed by atoms with Gasteiger partial charge < -0.3 is 9.84 Å². The molecule has 1 atom stereocenters. The van der Waals surface area contributed by atoms with E-state index in [-0.39, 0.29) is 25.1 Å². The van der Waals surface area contributed by atoms with Gasteiger partial charge in [0, 0.05) is 18.9 Å². The Morgan fingerprint density at radius 3 is 2.26 bits per heavy atom. The third-order valence-corrected chi connectivity index (χ3v) is 5.56. The SMILES string of the molecule is [CH2]C(CO)COC(=O)CC1C2CC3CC(C2)CC1C3. The molecule has 4 fully saturated rings. The summed E-state index contributed by atoms with van der Waals surface area (Å²) < 4.78 is 5.24. The van der Waals surface area contributed by atoms with Gasteiger partial charge in [-0.05, 0) is 68.6 Å². The van der Waals surface area contributed by atoms with Gasteiger partial charge in [0.15, 0.2) is 0 Å². The maximum Gasteiger partial charge on any atom is 0.306 e. The zero-order chi connectivity index (χ0) is 13.4. The van der Waals surface area contributed by atoms with Crippen molar-refractivity contribution >= 4 is 5.97 Å². The third-order valence-electron chi connectivity index (χ3n) is 5.56. The van der Waals surface area contributed by atoms with Gasteiger partial charge in [0.25, 0.3) is 0 Å². The quantitative estimate of drug-likeness (QED) is 0.777. The van der Waals surface area contributed by atoms with Crippen LogP contribution in [-0.4, -0.2) is 24.3 Å². The van der Waals surface area contributed by atoms with E-state index in [0.717, 1.165) is 23.7 Å². The summed E-state index contributed by atoms with van der Waals surface area (Å²) in [5.41, 5.74) is 0. The van der Waals surface area contributed by atoms with Crippen LogP contribution < -0.4 is 0 Å². The van der Waals surface area contributed by atoms with Gasteiger partial charge in [-0.25, -0.2) is 0 Å². The zero-order valence-corrected chi connectivity index (χ0v) is 11.6. The van der Waals surface area contributed by atoms with E-state index < -0.39 is 0 Å². The van der Waals surface area contributed by atoms with Gasteiger partial charge in [-0.3, -0.25) is 4.79 Å². The second kappa shape index (κ2) is 5.43. The van der Waals surface area contributed by atoms with Crippen LogP contribution in [0.2, 0.25) is 0 Å². The van der Waals surface area contributed by atoms with Crippen LogP contribution in [0.25, 0.3) is 0 Å². The Bertz CT molecular complexity index is 311. The molecule has 4 aliphatic carbocycles. The first-order valence-electron chi connectivity index (χ1n) is 7.75. The molecule has 1 radical (unpaired) electrons. The molecule has 0 amide bonds. The summed E-state index contributed by atoms with van der Waals surface area (Å²) in [6.07, 6.45) is 7.43. The number of ether oxygens (including phenoxy) is 1. The van der Waals surface area contributed by atoms with Crippen molar-refractivity contribution in [2.75, 3.05) is 13.2 Å². The first-order valence-corrected chi connectivity index (χ1v) is 7.75. The van der Waals surface area contributed by atoms with Gasteiger partial charge in [0.05, 0.1) is 6.61 Å². The van der Waals surface area contributed by atoms with E-state index in [1.54, 1.807) is 0 Å². The van der Waals surface area contributed by atoms with E-state index in [1.165, 1.54) is 32.1 Å². The molecule has 0 aliphatic heterocycles. The first-order chi connectivity index (χ1) is 9.15. The van der Waals surface area contributed by atoms with E-state index >= 15 is 0 Å².